The van der Waals surface area contributed by atoms with Crippen LogP contribution >= 0.6 is 0 Å². The highest BCUT2D eigenvalue weighted by Crippen LogP contribution is 2.23. The van der Waals surface area contributed by atoms with Crippen molar-refractivity contribution in [1.29, 1.82) is 0 Å². The molecule has 2 amide bonds. The molecule has 1 aliphatic rings. The molecule has 0 radical (unpaired) electrons. The lowest BCUT2D eigenvalue weighted by molar-refractivity contribution is -0.152. The predicted octanol–water partition coefficient (Wildman–Crippen LogP) is -0.726. The fourth-order valence-corrected chi connectivity index (χ4v) is 2.16. The third-order valence-corrected chi connectivity index (χ3v) is 3.11. The van der Waals surface area contributed by atoms with Crippen molar-refractivity contribution >= 4 is 23.5 Å². The number of benzene rings is 1. The lowest BCUT2D eigenvalue weighted by Gasteiger charge is -2.43. The highest BCUT2D eigenvalue weighted by atomic mass is 16.4. The molecule has 0 bridgehead atoms. The number of hydrogen-bond acceptors (Lipinski definition) is 4. The van der Waals surface area contributed by atoms with Gasteiger partial charge < -0.3 is 15.7 Å². The number of carboxylic acid groups (broad SMARTS) is 1. The Bertz CT molecular complexity index is 532. The van der Waals surface area contributed by atoms with Crippen LogP contribution in [0.3, 0.4) is 0 Å². The maximum atomic E-state index is 12.0. The summed E-state index contributed by atoms with van der Waals surface area (Å²) in [7, 11) is 0. The van der Waals surface area contributed by atoms with Crippen LogP contribution in [-0.4, -0.2) is 53.5 Å². The molecule has 0 spiro atoms. The summed E-state index contributed by atoms with van der Waals surface area (Å²) in [5, 5.41) is 8.67. The third kappa shape index (κ3) is 2.62. The van der Waals surface area contributed by atoms with Crippen LogP contribution in [0.2, 0.25) is 0 Å². The monoisotopic (exact) mass is 277 g/mol. The molecule has 1 heterocycles. The van der Waals surface area contributed by atoms with Crippen molar-refractivity contribution in [1.82, 2.24) is 4.90 Å². The molecule has 0 aromatic heterocycles. The molecular weight excluding hydrogens is 262 g/mol. The third-order valence-electron chi connectivity index (χ3n) is 3.11. The molecule has 1 fully saturated rings. The molecule has 1 aromatic carbocycles. The van der Waals surface area contributed by atoms with E-state index < -0.39 is 12.0 Å². The molecule has 1 aliphatic heterocycles. The number of carbonyl (C=O) groups is 3. The maximum Gasteiger partial charge on any atom is 0.323 e. The van der Waals surface area contributed by atoms with Gasteiger partial charge >= 0.3 is 5.97 Å². The van der Waals surface area contributed by atoms with Crippen molar-refractivity contribution in [2.24, 2.45) is 5.73 Å². The summed E-state index contributed by atoms with van der Waals surface area (Å²) in [6, 6.07) is 8.05. The molecule has 1 atom stereocenters. The summed E-state index contributed by atoms with van der Waals surface area (Å²) < 4.78 is 0. The van der Waals surface area contributed by atoms with Gasteiger partial charge in [0.25, 0.3) is 0 Å². The van der Waals surface area contributed by atoms with Gasteiger partial charge in [-0.1, -0.05) is 18.2 Å². The van der Waals surface area contributed by atoms with Gasteiger partial charge in [-0.15, -0.1) is 0 Å². The van der Waals surface area contributed by atoms with E-state index in [1.54, 1.807) is 30.3 Å². The minimum atomic E-state index is -1.08. The van der Waals surface area contributed by atoms with Gasteiger partial charge in [-0.2, -0.15) is 0 Å². The number of nitrogens with zero attached hydrogens (tertiary/aromatic N) is 2. The molecule has 1 unspecified atom stereocenters. The molecule has 106 valence electrons. The van der Waals surface area contributed by atoms with E-state index in [0.717, 1.165) is 0 Å². The first-order valence-electron chi connectivity index (χ1n) is 6.12. The minimum absolute atomic E-state index is 0.200. The van der Waals surface area contributed by atoms with E-state index in [0.29, 0.717) is 5.69 Å². The lowest BCUT2D eigenvalue weighted by Crippen LogP contribution is -2.66. The van der Waals surface area contributed by atoms with Gasteiger partial charge in [0.05, 0.1) is 13.1 Å². The SMILES string of the molecule is NCC(=O)N(c1ccccc1)C1CN(CC(=O)O)C1=O. The van der Waals surface area contributed by atoms with E-state index in [-0.39, 0.29) is 31.4 Å². The highest BCUT2D eigenvalue weighted by molar-refractivity contribution is 6.04. The van der Waals surface area contributed by atoms with Crippen LogP contribution in [-0.2, 0) is 14.4 Å². The van der Waals surface area contributed by atoms with Crippen LogP contribution in [0, 0.1) is 0 Å². The molecule has 7 nitrogen and oxygen atoms in total. The largest absolute Gasteiger partial charge is 0.480 e. The van der Waals surface area contributed by atoms with E-state index in [1.165, 1.54) is 9.80 Å². The number of rotatable bonds is 5. The Morgan fingerprint density at radius 3 is 2.50 bits per heavy atom. The van der Waals surface area contributed by atoms with Crippen molar-refractivity contribution in [2.45, 2.75) is 6.04 Å². The van der Waals surface area contributed by atoms with Gasteiger partial charge in [0.15, 0.2) is 0 Å². The van der Waals surface area contributed by atoms with E-state index in [4.69, 9.17) is 10.8 Å². The number of likely N-dealkylation sites (tertiary alicyclic amines) is 1. The zero-order chi connectivity index (χ0) is 14.7. The van der Waals surface area contributed by atoms with Crippen LogP contribution < -0.4 is 10.6 Å². The van der Waals surface area contributed by atoms with Crippen LogP contribution in [0.4, 0.5) is 5.69 Å². The summed E-state index contributed by atoms with van der Waals surface area (Å²) >= 11 is 0. The molecular formula is C13H15N3O4. The topological polar surface area (TPSA) is 104 Å². The summed E-state index contributed by atoms with van der Waals surface area (Å²) in [5.74, 6) is -1.82. The zero-order valence-corrected chi connectivity index (χ0v) is 10.7. The summed E-state index contributed by atoms with van der Waals surface area (Å²) in [6.07, 6.45) is 0. The van der Waals surface area contributed by atoms with E-state index in [1.807, 2.05) is 0 Å². The van der Waals surface area contributed by atoms with Crippen LogP contribution in [0.15, 0.2) is 30.3 Å². The summed E-state index contributed by atoms with van der Waals surface area (Å²) in [4.78, 5) is 37.0. The second-order valence-corrected chi connectivity index (χ2v) is 4.43. The molecule has 1 aromatic rings. The second kappa shape index (κ2) is 5.70. The molecule has 7 heteroatoms. The molecule has 20 heavy (non-hydrogen) atoms. The smallest absolute Gasteiger partial charge is 0.323 e. The molecule has 2 rings (SSSR count). The summed E-state index contributed by atoms with van der Waals surface area (Å²) in [5.41, 5.74) is 5.96. The number of β-lactam (4-membered cyclic amide) rings is 1. The van der Waals surface area contributed by atoms with Crippen molar-refractivity contribution in [3.63, 3.8) is 0 Å². The number of carbonyl (C=O) groups excluding carboxylic acids is 2. The van der Waals surface area contributed by atoms with E-state index in [2.05, 4.69) is 0 Å². The molecule has 3 N–H and O–H groups in total. The maximum absolute atomic E-state index is 12.0. The van der Waals surface area contributed by atoms with Crippen LogP contribution in [0.5, 0.6) is 0 Å². The first-order chi connectivity index (χ1) is 9.54. The van der Waals surface area contributed by atoms with Crippen molar-refractivity contribution in [3.05, 3.63) is 30.3 Å². The average Bonchev–Trinajstić information content (AvgIpc) is 2.46. The number of amides is 2. The first-order valence-corrected chi connectivity index (χ1v) is 6.12. The normalized spacial score (nSPS) is 17.6. The Morgan fingerprint density at radius 2 is 2.00 bits per heavy atom. The lowest BCUT2D eigenvalue weighted by atomic mass is 10.0. The quantitative estimate of drug-likeness (QED) is 0.691. The van der Waals surface area contributed by atoms with Crippen molar-refractivity contribution in [3.8, 4) is 0 Å². The number of para-hydroxylation sites is 1. The average molecular weight is 277 g/mol. The molecule has 0 saturated carbocycles. The highest BCUT2D eigenvalue weighted by Gasteiger charge is 2.43. The predicted molar refractivity (Wildman–Crippen MR) is 71.0 cm³/mol. The minimum Gasteiger partial charge on any atom is -0.480 e. The number of hydrogen-bond donors (Lipinski definition) is 2. The molecule has 0 aliphatic carbocycles. The van der Waals surface area contributed by atoms with Crippen molar-refractivity contribution in [2.75, 3.05) is 24.5 Å². The van der Waals surface area contributed by atoms with Gasteiger partial charge in [0.2, 0.25) is 11.8 Å². The van der Waals surface area contributed by atoms with Gasteiger partial charge in [-0.3, -0.25) is 19.3 Å². The van der Waals surface area contributed by atoms with Crippen LogP contribution in [0.25, 0.3) is 0 Å². The van der Waals surface area contributed by atoms with E-state index >= 15 is 0 Å². The zero-order valence-electron chi connectivity index (χ0n) is 10.7. The Hall–Kier alpha value is -2.41. The second-order valence-electron chi connectivity index (χ2n) is 4.43. The molecule has 1 saturated heterocycles. The van der Waals surface area contributed by atoms with Gasteiger partial charge in [-0.05, 0) is 12.1 Å². The van der Waals surface area contributed by atoms with Gasteiger partial charge in [0.1, 0.15) is 12.6 Å². The number of carboxylic acids is 1. The van der Waals surface area contributed by atoms with Gasteiger partial charge in [-0.25, -0.2) is 0 Å². The van der Waals surface area contributed by atoms with Crippen LogP contribution in [0.1, 0.15) is 0 Å². The Morgan fingerprint density at radius 1 is 1.35 bits per heavy atom. The Labute approximate surface area is 115 Å². The fraction of sp³-hybridized carbons (Fsp3) is 0.308. The van der Waals surface area contributed by atoms with Gasteiger partial charge in [0, 0.05) is 5.69 Å². The number of aliphatic carboxylic acids is 1. The Kier molecular flexibility index (Phi) is 3.99. The fourth-order valence-electron chi connectivity index (χ4n) is 2.16. The first kappa shape index (κ1) is 14.0. The number of nitrogens with two attached hydrogens (primary N) is 1. The standard InChI is InChI=1S/C13H15N3O4/c14-6-11(17)16(9-4-2-1-3-5-9)10-7-15(13(10)20)8-12(18)19/h1-5,10H,6-8,14H2,(H,18,19). The number of anilines is 1. The van der Waals surface area contributed by atoms with E-state index in [9.17, 15) is 14.4 Å². The van der Waals surface area contributed by atoms with Crippen molar-refractivity contribution < 1.29 is 19.5 Å². The Balaban J connectivity index is 2.17. The summed E-state index contributed by atoms with van der Waals surface area (Å²) in [6.45, 7) is -0.363.